The summed E-state index contributed by atoms with van der Waals surface area (Å²) >= 11 is 1.06. The predicted octanol–water partition coefficient (Wildman–Crippen LogP) is 1.53. The van der Waals surface area contributed by atoms with E-state index in [2.05, 4.69) is 4.72 Å². The molecule has 0 aliphatic heterocycles. The second-order valence-corrected chi connectivity index (χ2v) is 6.64. The van der Waals surface area contributed by atoms with Crippen LogP contribution in [0.1, 0.15) is 20.3 Å². The Hall–Kier alpha value is -0.920. The summed E-state index contributed by atoms with van der Waals surface area (Å²) in [5.41, 5.74) is 0. The van der Waals surface area contributed by atoms with Gasteiger partial charge in [0.15, 0.2) is 0 Å². The van der Waals surface area contributed by atoms with Crippen LogP contribution in [0.3, 0.4) is 0 Å². The summed E-state index contributed by atoms with van der Waals surface area (Å²) in [6.45, 7) is 3.52. The van der Waals surface area contributed by atoms with E-state index in [1.807, 2.05) is 6.92 Å². The number of hydrogen-bond donors (Lipinski definition) is 2. The average Bonchev–Trinajstić information content (AvgIpc) is 2.78. The van der Waals surface area contributed by atoms with Crippen LogP contribution >= 0.6 is 11.3 Å². The van der Waals surface area contributed by atoms with E-state index in [4.69, 9.17) is 5.11 Å². The third-order valence-corrected chi connectivity index (χ3v) is 5.36. The van der Waals surface area contributed by atoms with Gasteiger partial charge in [0.2, 0.25) is 0 Å². The standard InChI is InChI=1S/C10H15NO4S2/c1-3-7(2)9(10(12)13)11-17(14,15)8-5-4-6-16-8/h4-7,9,11H,3H2,1-2H3,(H,12,13). The minimum Gasteiger partial charge on any atom is -0.480 e. The van der Waals surface area contributed by atoms with E-state index in [0.29, 0.717) is 6.42 Å². The van der Waals surface area contributed by atoms with Gasteiger partial charge in [0, 0.05) is 0 Å². The van der Waals surface area contributed by atoms with Crippen LogP contribution in [0.4, 0.5) is 0 Å². The van der Waals surface area contributed by atoms with Gasteiger partial charge in [-0.15, -0.1) is 11.3 Å². The highest BCUT2D eigenvalue weighted by molar-refractivity contribution is 7.91. The van der Waals surface area contributed by atoms with E-state index in [9.17, 15) is 13.2 Å². The van der Waals surface area contributed by atoms with Crippen molar-refractivity contribution in [3.63, 3.8) is 0 Å². The van der Waals surface area contributed by atoms with Crippen LogP contribution in [0.5, 0.6) is 0 Å². The summed E-state index contributed by atoms with van der Waals surface area (Å²) in [6.07, 6.45) is 0.587. The van der Waals surface area contributed by atoms with E-state index in [1.165, 1.54) is 6.07 Å². The fourth-order valence-electron chi connectivity index (χ4n) is 1.29. The molecular formula is C10H15NO4S2. The highest BCUT2D eigenvalue weighted by Gasteiger charge is 2.29. The van der Waals surface area contributed by atoms with Crippen LogP contribution in [-0.2, 0) is 14.8 Å². The molecule has 5 nitrogen and oxygen atoms in total. The second kappa shape index (κ2) is 5.61. The molecule has 0 spiro atoms. The second-order valence-electron chi connectivity index (χ2n) is 3.75. The minimum absolute atomic E-state index is 0.132. The molecular weight excluding hydrogens is 262 g/mol. The van der Waals surface area contributed by atoms with Gasteiger partial charge in [-0.3, -0.25) is 4.79 Å². The van der Waals surface area contributed by atoms with Crippen molar-refractivity contribution in [3.05, 3.63) is 17.5 Å². The SMILES string of the molecule is CCC(C)C(NS(=O)(=O)c1cccs1)C(=O)O. The fourth-order valence-corrected chi connectivity index (χ4v) is 3.59. The summed E-state index contributed by atoms with van der Waals surface area (Å²) in [6, 6.07) is 1.97. The highest BCUT2D eigenvalue weighted by atomic mass is 32.2. The summed E-state index contributed by atoms with van der Waals surface area (Å²) < 4.78 is 26.1. The summed E-state index contributed by atoms with van der Waals surface area (Å²) in [4.78, 5) is 11.0. The quantitative estimate of drug-likeness (QED) is 0.826. The van der Waals surface area contributed by atoms with Crippen LogP contribution in [0, 0.1) is 5.92 Å². The average molecular weight is 277 g/mol. The van der Waals surface area contributed by atoms with E-state index in [0.717, 1.165) is 11.3 Å². The number of thiophene rings is 1. The minimum atomic E-state index is -3.73. The number of carboxylic acids is 1. The molecule has 0 fully saturated rings. The molecule has 2 atom stereocenters. The molecule has 2 N–H and O–H groups in total. The Balaban J connectivity index is 2.92. The smallest absolute Gasteiger partial charge is 0.322 e. The van der Waals surface area contributed by atoms with Crippen molar-refractivity contribution in [3.8, 4) is 0 Å². The molecule has 0 bridgehead atoms. The molecule has 0 aliphatic carbocycles. The van der Waals surface area contributed by atoms with Crippen molar-refractivity contribution in [1.82, 2.24) is 4.72 Å². The molecule has 0 aromatic carbocycles. The molecule has 1 rings (SSSR count). The molecule has 7 heteroatoms. The Morgan fingerprint density at radius 3 is 2.65 bits per heavy atom. The monoisotopic (exact) mass is 277 g/mol. The maximum atomic E-state index is 11.9. The lowest BCUT2D eigenvalue weighted by atomic mass is 10.0. The van der Waals surface area contributed by atoms with Crippen molar-refractivity contribution >= 4 is 27.3 Å². The summed E-state index contributed by atoms with van der Waals surface area (Å²) in [5, 5.41) is 10.6. The van der Waals surface area contributed by atoms with Crippen molar-refractivity contribution in [2.45, 2.75) is 30.5 Å². The Labute approximate surface area is 105 Å². The predicted molar refractivity (Wildman–Crippen MR) is 65.5 cm³/mol. The van der Waals surface area contributed by atoms with Crippen molar-refractivity contribution in [2.75, 3.05) is 0 Å². The topological polar surface area (TPSA) is 83.5 Å². The highest BCUT2D eigenvalue weighted by Crippen LogP contribution is 2.18. The number of nitrogens with one attached hydrogen (secondary N) is 1. The first-order valence-corrected chi connectivity index (χ1v) is 7.53. The summed E-state index contributed by atoms with van der Waals surface area (Å²) in [5.74, 6) is -1.42. The Morgan fingerprint density at radius 1 is 1.59 bits per heavy atom. The van der Waals surface area contributed by atoms with Gasteiger partial charge in [-0.05, 0) is 17.4 Å². The van der Waals surface area contributed by atoms with Gasteiger partial charge in [-0.2, -0.15) is 4.72 Å². The van der Waals surface area contributed by atoms with Gasteiger partial charge in [0.1, 0.15) is 10.3 Å². The Morgan fingerprint density at radius 2 is 2.24 bits per heavy atom. The van der Waals surface area contributed by atoms with E-state index >= 15 is 0 Å². The summed E-state index contributed by atoms with van der Waals surface area (Å²) in [7, 11) is -3.73. The zero-order chi connectivity index (χ0) is 13.1. The van der Waals surface area contributed by atoms with Crippen molar-refractivity contribution in [2.24, 2.45) is 5.92 Å². The molecule has 0 saturated carbocycles. The van der Waals surface area contributed by atoms with E-state index in [1.54, 1.807) is 18.4 Å². The molecule has 96 valence electrons. The lowest BCUT2D eigenvalue weighted by molar-refractivity contribution is -0.140. The van der Waals surface area contributed by atoms with E-state index < -0.39 is 22.0 Å². The largest absolute Gasteiger partial charge is 0.480 e. The van der Waals surface area contributed by atoms with Crippen LogP contribution in [-0.4, -0.2) is 25.5 Å². The zero-order valence-corrected chi connectivity index (χ0v) is 11.2. The Bertz CT molecular complexity index is 467. The molecule has 17 heavy (non-hydrogen) atoms. The molecule has 0 radical (unpaired) electrons. The van der Waals surface area contributed by atoms with Gasteiger partial charge in [-0.25, -0.2) is 8.42 Å². The molecule has 1 aromatic heterocycles. The number of rotatable bonds is 6. The normalized spacial score (nSPS) is 15.4. The third-order valence-electron chi connectivity index (χ3n) is 2.52. The van der Waals surface area contributed by atoms with Gasteiger partial charge in [-0.1, -0.05) is 26.3 Å². The fraction of sp³-hybridized carbons (Fsp3) is 0.500. The third kappa shape index (κ3) is 3.52. The van der Waals surface area contributed by atoms with Crippen LogP contribution < -0.4 is 4.72 Å². The first-order chi connectivity index (χ1) is 7.88. The van der Waals surface area contributed by atoms with E-state index in [-0.39, 0.29) is 10.1 Å². The molecule has 0 amide bonds. The molecule has 2 unspecified atom stereocenters. The van der Waals surface area contributed by atoms with Gasteiger partial charge < -0.3 is 5.11 Å². The number of carbonyl (C=O) groups is 1. The van der Waals surface area contributed by atoms with Crippen LogP contribution in [0.15, 0.2) is 21.7 Å². The first-order valence-electron chi connectivity index (χ1n) is 5.17. The molecule has 0 saturated heterocycles. The number of hydrogen-bond acceptors (Lipinski definition) is 4. The maximum Gasteiger partial charge on any atom is 0.322 e. The number of aliphatic carboxylic acids is 1. The van der Waals surface area contributed by atoms with Crippen molar-refractivity contribution < 1.29 is 18.3 Å². The van der Waals surface area contributed by atoms with Crippen molar-refractivity contribution in [1.29, 1.82) is 0 Å². The lowest BCUT2D eigenvalue weighted by Crippen LogP contribution is -2.44. The molecule has 1 aromatic rings. The van der Waals surface area contributed by atoms with Crippen LogP contribution in [0.2, 0.25) is 0 Å². The van der Waals surface area contributed by atoms with Gasteiger partial charge in [0.25, 0.3) is 10.0 Å². The zero-order valence-electron chi connectivity index (χ0n) is 9.58. The lowest BCUT2D eigenvalue weighted by Gasteiger charge is -2.19. The van der Waals surface area contributed by atoms with Gasteiger partial charge in [0.05, 0.1) is 0 Å². The molecule has 0 aliphatic rings. The van der Waals surface area contributed by atoms with Crippen LogP contribution in [0.25, 0.3) is 0 Å². The number of carboxylic acid groups (broad SMARTS) is 1. The first kappa shape index (κ1) is 14.1. The number of sulfonamides is 1. The van der Waals surface area contributed by atoms with Gasteiger partial charge >= 0.3 is 5.97 Å². The maximum absolute atomic E-state index is 11.9. The Kier molecular flexibility index (Phi) is 4.67. The molecule has 1 heterocycles.